The van der Waals surface area contributed by atoms with Crippen molar-refractivity contribution >= 4 is 0 Å². The van der Waals surface area contributed by atoms with Crippen molar-refractivity contribution in [3.05, 3.63) is 18.7 Å². The molecule has 1 saturated heterocycles. The third kappa shape index (κ3) is 3.56. The average Bonchev–Trinajstić information content (AvgIpc) is 2.91. The molecule has 1 aliphatic heterocycles. The molecule has 0 saturated carbocycles. The van der Waals surface area contributed by atoms with Crippen LogP contribution < -0.4 is 5.32 Å². The predicted molar refractivity (Wildman–Crippen MR) is 74.5 cm³/mol. The smallest absolute Gasteiger partial charge is 0.0945 e. The van der Waals surface area contributed by atoms with Crippen LogP contribution in [0, 0.1) is 5.92 Å². The molecule has 2 rings (SSSR count). The summed E-state index contributed by atoms with van der Waals surface area (Å²) in [6.45, 7) is 7.11. The second kappa shape index (κ2) is 6.90. The normalized spacial score (nSPS) is 25.4. The van der Waals surface area contributed by atoms with Crippen LogP contribution in [0.2, 0.25) is 0 Å². The minimum atomic E-state index is 0.722. The molecule has 0 amide bonds. The number of likely N-dealkylation sites (tertiary alicyclic amines) is 1. The zero-order chi connectivity index (χ0) is 12.8. The summed E-state index contributed by atoms with van der Waals surface area (Å²) >= 11 is 0. The molecule has 2 atom stereocenters. The SMILES string of the molecule is CCC1CN(CCCn2ccnc2)CCC1NC. The summed E-state index contributed by atoms with van der Waals surface area (Å²) < 4.78 is 2.16. The van der Waals surface area contributed by atoms with E-state index in [0.717, 1.165) is 18.5 Å². The number of aryl methyl sites for hydroxylation is 1. The third-order valence-electron chi connectivity index (χ3n) is 4.16. The zero-order valence-electron chi connectivity index (χ0n) is 11.7. The first-order chi connectivity index (χ1) is 8.83. The third-order valence-corrected chi connectivity index (χ3v) is 4.16. The fourth-order valence-corrected chi connectivity index (χ4v) is 3.00. The molecule has 0 bridgehead atoms. The highest BCUT2D eigenvalue weighted by atomic mass is 15.1. The molecule has 18 heavy (non-hydrogen) atoms. The lowest BCUT2D eigenvalue weighted by Gasteiger charge is -2.38. The van der Waals surface area contributed by atoms with E-state index in [0.29, 0.717) is 0 Å². The Bertz CT molecular complexity index is 323. The van der Waals surface area contributed by atoms with Gasteiger partial charge in [-0.2, -0.15) is 0 Å². The molecule has 1 aliphatic rings. The highest BCUT2D eigenvalue weighted by Gasteiger charge is 2.26. The van der Waals surface area contributed by atoms with E-state index in [4.69, 9.17) is 0 Å². The highest BCUT2D eigenvalue weighted by molar-refractivity contribution is 4.83. The van der Waals surface area contributed by atoms with Crippen LogP contribution in [0.3, 0.4) is 0 Å². The van der Waals surface area contributed by atoms with Gasteiger partial charge in [-0.25, -0.2) is 4.98 Å². The lowest BCUT2D eigenvalue weighted by atomic mass is 9.90. The van der Waals surface area contributed by atoms with Crippen LogP contribution in [-0.2, 0) is 6.54 Å². The molecule has 4 nitrogen and oxygen atoms in total. The van der Waals surface area contributed by atoms with E-state index < -0.39 is 0 Å². The summed E-state index contributed by atoms with van der Waals surface area (Å²) in [4.78, 5) is 6.70. The Morgan fingerprint density at radius 2 is 2.28 bits per heavy atom. The van der Waals surface area contributed by atoms with E-state index in [9.17, 15) is 0 Å². The number of nitrogens with one attached hydrogen (secondary N) is 1. The Labute approximate surface area is 110 Å². The van der Waals surface area contributed by atoms with Gasteiger partial charge in [-0.3, -0.25) is 0 Å². The second-order valence-corrected chi connectivity index (χ2v) is 5.31. The second-order valence-electron chi connectivity index (χ2n) is 5.31. The van der Waals surface area contributed by atoms with Crippen molar-refractivity contribution in [2.24, 2.45) is 5.92 Å². The van der Waals surface area contributed by atoms with Crippen molar-refractivity contribution in [1.29, 1.82) is 0 Å². The van der Waals surface area contributed by atoms with E-state index in [-0.39, 0.29) is 0 Å². The van der Waals surface area contributed by atoms with E-state index >= 15 is 0 Å². The number of aromatic nitrogens is 2. The van der Waals surface area contributed by atoms with E-state index in [1.54, 1.807) is 0 Å². The van der Waals surface area contributed by atoms with Crippen LogP contribution >= 0.6 is 0 Å². The average molecular weight is 250 g/mol. The monoisotopic (exact) mass is 250 g/mol. The van der Waals surface area contributed by atoms with Crippen molar-refractivity contribution in [3.8, 4) is 0 Å². The Balaban J connectivity index is 1.70. The number of hydrogen-bond donors (Lipinski definition) is 1. The van der Waals surface area contributed by atoms with Gasteiger partial charge in [0.25, 0.3) is 0 Å². The van der Waals surface area contributed by atoms with Gasteiger partial charge in [-0.15, -0.1) is 0 Å². The summed E-state index contributed by atoms with van der Waals surface area (Å²) in [6.07, 6.45) is 9.59. The molecule has 0 aromatic carbocycles. The Morgan fingerprint density at radius 3 is 2.94 bits per heavy atom. The van der Waals surface area contributed by atoms with Gasteiger partial charge in [0, 0.05) is 31.5 Å². The predicted octanol–water partition coefficient (Wildman–Crippen LogP) is 1.59. The topological polar surface area (TPSA) is 33.1 Å². The van der Waals surface area contributed by atoms with Crippen molar-refractivity contribution in [1.82, 2.24) is 19.8 Å². The Hall–Kier alpha value is -0.870. The van der Waals surface area contributed by atoms with Gasteiger partial charge in [-0.1, -0.05) is 13.3 Å². The lowest BCUT2D eigenvalue weighted by Crippen LogP contribution is -2.48. The molecule has 102 valence electrons. The molecule has 0 aliphatic carbocycles. The van der Waals surface area contributed by atoms with Gasteiger partial charge in [0.15, 0.2) is 0 Å². The molecule has 0 spiro atoms. The van der Waals surface area contributed by atoms with Crippen molar-refractivity contribution in [3.63, 3.8) is 0 Å². The van der Waals surface area contributed by atoms with Gasteiger partial charge in [0.05, 0.1) is 6.33 Å². The van der Waals surface area contributed by atoms with Crippen molar-refractivity contribution in [2.45, 2.75) is 38.8 Å². The van der Waals surface area contributed by atoms with Crippen LogP contribution in [-0.4, -0.2) is 47.2 Å². The largest absolute Gasteiger partial charge is 0.337 e. The van der Waals surface area contributed by atoms with Gasteiger partial charge in [-0.05, 0) is 38.9 Å². The van der Waals surface area contributed by atoms with E-state index in [2.05, 4.69) is 33.7 Å². The standard InChI is InChI=1S/C14H26N4/c1-3-13-11-17(9-5-14(13)15-2)7-4-8-18-10-6-16-12-18/h6,10,12-15H,3-5,7-9,11H2,1-2H3. The van der Waals surface area contributed by atoms with Crippen LogP contribution in [0.1, 0.15) is 26.2 Å². The Kier molecular flexibility index (Phi) is 5.20. The van der Waals surface area contributed by atoms with Gasteiger partial charge >= 0.3 is 0 Å². The number of hydrogen-bond acceptors (Lipinski definition) is 3. The number of piperidine rings is 1. The fraction of sp³-hybridized carbons (Fsp3) is 0.786. The first-order valence-electron chi connectivity index (χ1n) is 7.18. The van der Waals surface area contributed by atoms with Crippen molar-refractivity contribution < 1.29 is 0 Å². The fourth-order valence-electron chi connectivity index (χ4n) is 3.00. The number of nitrogens with zero attached hydrogens (tertiary/aromatic N) is 3. The molecule has 1 N–H and O–H groups in total. The van der Waals surface area contributed by atoms with Gasteiger partial charge in [0.1, 0.15) is 0 Å². The van der Waals surface area contributed by atoms with E-state index in [1.807, 2.05) is 18.7 Å². The van der Waals surface area contributed by atoms with Crippen LogP contribution in [0.5, 0.6) is 0 Å². The summed E-state index contributed by atoms with van der Waals surface area (Å²) in [5.41, 5.74) is 0. The molecular formula is C14H26N4. The van der Waals surface area contributed by atoms with Crippen molar-refractivity contribution in [2.75, 3.05) is 26.7 Å². The van der Waals surface area contributed by atoms with Crippen LogP contribution in [0.15, 0.2) is 18.7 Å². The molecule has 0 radical (unpaired) electrons. The molecule has 1 fully saturated rings. The molecule has 4 heteroatoms. The highest BCUT2D eigenvalue weighted by Crippen LogP contribution is 2.20. The number of imidazole rings is 1. The zero-order valence-corrected chi connectivity index (χ0v) is 11.7. The quantitative estimate of drug-likeness (QED) is 0.832. The van der Waals surface area contributed by atoms with Crippen LogP contribution in [0.25, 0.3) is 0 Å². The summed E-state index contributed by atoms with van der Waals surface area (Å²) in [6, 6.07) is 0.722. The Morgan fingerprint density at radius 1 is 1.39 bits per heavy atom. The minimum Gasteiger partial charge on any atom is -0.337 e. The minimum absolute atomic E-state index is 0.722. The maximum absolute atomic E-state index is 4.08. The summed E-state index contributed by atoms with van der Waals surface area (Å²) in [5.74, 6) is 0.817. The van der Waals surface area contributed by atoms with Gasteiger partial charge in [0.2, 0.25) is 0 Å². The summed E-state index contributed by atoms with van der Waals surface area (Å²) in [7, 11) is 2.10. The van der Waals surface area contributed by atoms with E-state index in [1.165, 1.54) is 38.9 Å². The maximum atomic E-state index is 4.08. The molecular weight excluding hydrogens is 224 g/mol. The molecule has 1 aromatic rings. The maximum Gasteiger partial charge on any atom is 0.0945 e. The lowest BCUT2D eigenvalue weighted by molar-refractivity contribution is 0.136. The first kappa shape index (κ1) is 13.6. The van der Waals surface area contributed by atoms with Crippen LogP contribution in [0.4, 0.5) is 0 Å². The first-order valence-corrected chi connectivity index (χ1v) is 7.18. The summed E-state index contributed by atoms with van der Waals surface area (Å²) in [5, 5.41) is 3.46. The van der Waals surface area contributed by atoms with Gasteiger partial charge < -0.3 is 14.8 Å². The molecule has 2 unspecified atom stereocenters. The number of rotatable bonds is 6. The molecule has 2 heterocycles. The molecule has 1 aromatic heterocycles.